The first-order valence-corrected chi connectivity index (χ1v) is 8.03. The van der Waals surface area contributed by atoms with Gasteiger partial charge in [-0.1, -0.05) is 30.3 Å². The molecule has 0 amide bonds. The fourth-order valence-electron chi connectivity index (χ4n) is 2.92. The monoisotopic (exact) mass is 321 g/mol. The third-order valence-corrected chi connectivity index (χ3v) is 5.62. The summed E-state index contributed by atoms with van der Waals surface area (Å²) < 4.78 is 5.03. The topological polar surface area (TPSA) is 70.0 Å². The molecule has 6 heteroatoms. The van der Waals surface area contributed by atoms with Crippen LogP contribution in [0.2, 0.25) is 0 Å². The summed E-state index contributed by atoms with van der Waals surface area (Å²) in [6.45, 7) is 3.92. The number of aliphatic hydroxyl groups excluding tert-OH is 2. The zero-order valence-corrected chi connectivity index (χ0v) is 13.3. The largest absolute Gasteiger partial charge is 0.495 e. The Morgan fingerprint density at radius 3 is 2.68 bits per heavy atom. The maximum atomic E-state index is 12.5. The normalized spacial score (nSPS) is 25.7. The van der Waals surface area contributed by atoms with E-state index in [1.807, 2.05) is 44.2 Å². The molecule has 22 heavy (non-hydrogen) atoms. The molecule has 0 bridgehead atoms. The number of esters is 1. The average molecular weight is 321 g/mol. The highest BCUT2D eigenvalue weighted by Gasteiger charge is 2.59. The lowest BCUT2D eigenvalue weighted by Gasteiger charge is -2.39. The maximum absolute atomic E-state index is 12.5. The van der Waals surface area contributed by atoms with Gasteiger partial charge in [0.05, 0.1) is 6.61 Å². The minimum absolute atomic E-state index is 0.00670. The third kappa shape index (κ3) is 2.36. The van der Waals surface area contributed by atoms with E-state index in [1.165, 1.54) is 0 Å². The number of hydrogen-bond donors (Lipinski definition) is 2. The number of carbonyl (C=O) groups is 1. The molecule has 1 fully saturated rings. The van der Waals surface area contributed by atoms with Crippen molar-refractivity contribution in [1.29, 1.82) is 0 Å². The first-order chi connectivity index (χ1) is 10.5. The van der Waals surface area contributed by atoms with Crippen LogP contribution < -0.4 is 0 Å². The van der Waals surface area contributed by atoms with Crippen LogP contribution in [0.4, 0.5) is 0 Å². The van der Waals surface area contributed by atoms with Crippen LogP contribution in [-0.2, 0) is 16.1 Å². The number of carbonyl (C=O) groups excluding carboxylic acids is 1. The summed E-state index contributed by atoms with van der Waals surface area (Å²) in [4.78, 5) is 14.1. The quantitative estimate of drug-likeness (QED) is 0.827. The summed E-state index contributed by atoms with van der Waals surface area (Å²) in [5.74, 6) is -0.348. The summed E-state index contributed by atoms with van der Waals surface area (Å²) in [5.41, 5.74) is 1.51. The van der Waals surface area contributed by atoms with Gasteiger partial charge < -0.3 is 19.8 Å². The molecule has 3 rings (SSSR count). The zero-order chi connectivity index (χ0) is 15.9. The SMILES string of the molecule is CC1(C)SC2C(CO)=C(O)N2[C@H]1C(=O)OCc1ccccc1. The molecule has 2 aliphatic rings. The van der Waals surface area contributed by atoms with Crippen molar-refractivity contribution in [3.63, 3.8) is 0 Å². The predicted octanol–water partition coefficient (Wildman–Crippen LogP) is 2.03. The number of rotatable bonds is 4. The average Bonchev–Trinajstić information content (AvgIpc) is 2.74. The van der Waals surface area contributed by atoms with E-state index in [1.54, 1.807) is 16.7 Å². The highest BCUT2D eigenvalue weighted by atomic mass is 32.2. The van der Waals surface area contributed by atoms with Gasteiger partial charge in [-0.05, 0) is 19.4 Å². The smallest absolute Gasteiger partial charge is 0.330 e. The molecule has 1 aromatic rings. The van der Waals surface area contributed by atoms with Crippen LogP contribution in [-0.4, -0.2) is 43.9 Å². The molecule has 5 nitrogen and oxygen atoms in total. The molecule has 1 aromatic carbocycles. The van der Waals surface area contributed by atoms with Crippen molar-refractivity contribution < 1.29 is 19.7 Å². The van der Waals surface area contributed by atoms with E-state index < -0.39 is 10.8 Å². The molecule has 1 unspecified atom stereocenters. The fraction of sp³-hybridized carbons (Fsp3) is 0.438. The Bertz CT molecular complexity index is 614. The third-order valence-electron chi connectivity index (χ3n) is 4.05. The summed E-state index contributed by atoms with van der Waals surface area (Å²) in [7, 11) is 0. The lowest BCUT2D eigenvalue weighted by molar-refractivity contribution is -0.153. The first-order valence-electron chi connectivity index (χ1n) is 7.15. The number of aliphatic hydroxyl groups is 2. The van der Waals surface area contributed by atoms with Crippen molar-refractivity contribution in [1.82, 2.24) is 4.90 Å². The Morgan fingerprint density at radius 1 is 1.36 bits per heavy atom. The van der Waals surface area contributed by atoms with Gasteiger partial charge in [0.25, 0.3) is 0 Å². The second kappa shape index (κ2) is 5.52. The Morgan fingerprint density at radius 2 is 2.05 bits per heavy atom. The molecule has 2 atom stereocenters. The van der Waals surface area contributed by atoms with Crippen LogP contribution in [0.5, 0.6) is 0 Å². The number of thioether (sulfide) groups is 1. The number of fused-ring (bicyclic) bond motifs is 1. The van der Waals surface area contributed by atoms with Gasteiger partial charge in [0.2, 0.25) is 0 Å². The van der Waals surface area contributed by atoms with Gasteiger partial charge in [-0.25, -0.2) is 4.79 Å². The molecule has 0 aliphatic carbocycles. The Kier molecular flexibility index (Phi) is 3.82. The van der Waals surface area contributed by atoms with Gasteiger partial charge in [-0.2, -0.15) is 0 Å². The first kappa shape index (κ1) is 15.2. The predicted molar refractivity (Wildman–Crippen MR) is 84.1 cm³/mol. The molecule has 118 valence electrons. The van der Waals surface area contributed by atoms with Crippen LogP contribution in [0.15, 0.2) is 41.8 Å². The molecule has 0 aromatic heterocycles. The fourth-order valence-corrected chi connectivity index (χ4v) is 4.49. The van der Waals surface area contributed by atoms with Crippen molar-refractivity contribution >= 4 is 17.7 Å². The molecule has 0 spiro atoms. The summed E-state index contributed by atoms with van der Waals surface area (Å²) in [5, 5.41) is 19.2. The van der Waals surface area contributed by atoms with E-state index in [-0.39, 0.29) is 30.4 Å². The number of benzene rings is 1. The Balaban J connectivity index is 1.73. The molecule has 0 radical (unpaired) electrons. The van der Waals surface area contributed by atoms with Gasteiger partial charge in [-0.3, -0.25) is 0 Å². The van der Waals surface area contributed by atoms with Crippen LogP contribution in [0.25, 0.3) is 0 Å². The summed E-state index contributed by atoms with van der Waals surface area (Å²) >= 11 is 1.56. The second-order valence-electron chi connectivity index (χ2n) is 5.98. The van der Waals surface area contributed by atoms with Crippen LogP contribution in [0.3, 0.4) is 0 Å². The molecular weight excluding hydrogens is 302 g/mol. The number of ether oxygens (including phenoxy) is 1. The van der Waals surface area contributed by atoms with E-state index in [4.69, 9.17) is 4.74 Å². The highest BCUT2D eigenvalue weighted by molar-refractivity contribution is 8.01. The van der Waals surface area contributed by atoms with Crippen molar-refractivity contribution in [3.8, 4) is 0 Å². The number of hydrogen-bond acceptors (Lipinski definition) is 6. The lowest BCUT2D eigenvalue weighted by atomic mass is 9.98. The van der Waals surface area contributed by atoms with E-state index in [2.05, 4.69) is 0 Å². The molecule has 2 aliphatic heterocycles. The lowest BCUT2D eigenvalue weighted by Crippen LogP contribution is -2.53. The molecule has 0 saturated carbocycles. The molecular formula is C16H19NO4S. The summed E-state index contributed by atoms with van der Waals surface area (Å²) in [6.07, 6.45) is 0. The van der Waals surface area contributed by atoms with E-state index >= 15 is 0 Å². The van der Waals surface area contributed by atoms with E-state index in [0.717, 1.165) is 5.56 Å². The number of nitrogens with zero attached hydrogens (tertiary/aromatic N) is 1. The summed E-state index contributed by atoms with van der Waals surface area (Å²) in [6, 6.07) is 8.94. The molecule has 2 N–H and O–H groups in total. The van der Waals surface area contributed by atoms with Crippen molar-refractivity contribution in [3.05, 3.63) is 47.4 Å². The standard InChI is InChI=1S/C16H19NO4S/c1-16(2)12(17-13(19)11(8-18)14(17)22-16)15(20)21-9-10-6-4-3-5-7-10/h3-7,12,14,18-19H,8-9H2,1-2H3/t12-,14?/m0/s1. The van der Waals surface area contributed by atoms with Crippen LogP contribution in [0.1, 0.15) is 19.4 Å². The highest BCUT2D eigenvalue weighted by Crippen LogP contribution is 2.54. The maximum Gasteiger partial charge on any atom is 0.330 e. The van der Waals surface area contributed by atoms with Gasteiger partial charge >= 0.3 is 5.97 Å². The van der Waals surface area contributed by atoms with Crippen molar-refractivity contribution in [2.75, 3.05) is 6.61 Å². The van der Waals surface area contributed by atoms with Crippen molar-refractivity contribution in [2.45, 2.75) is 36.6 Å². The molecule has 2 heterocycles. The molecule has 1 saturated heterocycles. The van der Waals surface area contributed by atoms with Crippen molar-refractivity contribution in [2.24, 2.45) is 0 Å². The zero-order valence-electron chi connectivity index (χ0n) is 12.5. The van der Waals surface area contributed by atoms with E-state index in [0.29, 0.717) is 5.57 Å². The second-order valence-corrected chi connectivity index (χ2v) is 7.72. The van der Waals surface area contributed by atoms with Gasteiger partial charge in [0.1, 0.15) is 18.0 Å². The van der Waals surface area contributed by atoms with E-state index in [9.17, 15) is 15.0 Å². The minimum atomic E-state index is -0.554. The Labute approximate surface area is 133 Å². The van der Waals surface area contributed by atoms with Gasteiger partial charge in [0.15, 0.2) is 5.88 Å². The van der Waals surface area contributed by atoms with Gasteiger partial charge in [0, 0.05) is 10.3 Å². The van der Waals surface area contributed by atoms with Crippen LogP contribution in [0, 0.1) is 0 Å². The minimum Gasteiger partial charge on any atom is -0.495 e. The Hall–Kier alpha value is -1.66. The van der Waals surface area contributed by atoms with Crippen LogP contribution >= 0.6 is 11.8 Å². The van der Waals surface area contributed by atoms with Gasteiger partial charge in [-0.15, -0.1) is 11.8 Å².